The number of hydrogen-bond donors (Lipinski definition) is 4. The zero-order valence-corrected chi connectivity index (χ0v) is 6.24. The molecule has 1 heterocycles. The smallest absolute Gasteiger partial charge is 0.288 e. The van der Waals surface area contributed by atoms with Gasteiger partial charge in [0.15, 0.2) is 0 Å². The van der Waals surface area contributed by atoms with Gasteiger partial charge in [0.05, 0.1) is 6.61 Å². The Bertz CT molecular complexity index is 271. The van der Waals surface area contributed by atoms with E-state index in [4.69, 9.17) is 10.8 Å². The maximum Gasteiger partial charge on any atom is 0.288 e. The highest BCUT2D eigenvalue weighted by atomic mass is 16.3. The van der Waals surface area contributed by atoms with Gasteiger partial charge in [-0.25, -0.2) is 0 Å². The minimum absolute atomic E-state index is 0.0177. The number of aliphatic hydroxyl groups is 1. The van der Waals surface area contributed by atoms with E-state index in [0.29, 0.717) is 0 Å². The molecule has 1 aromatic rings. The number of H-pyrrole nitrogens is 1. The second-order valence-corrected chi connectivity index (χ2v) is 2.02. The van der Waals surface area contributed by atoms with Crippen LogP contribution in [0, 0.1) is 0 Å². The Hall–Kier alpha value is -1.63. The molecule has 5 N–H and O–H groups in total. The summed E-state index contributed by atoms with van der Waals surface area (Å²) >= 11 is 0. The molecule has 1 aromatic heterocycles. The van der Waals surface area contributed by atoms with Crippen molar-refractivity contribution in [2.45, 2.75) is 0 Å². The molecule has 1 amide bonds. The molecule has 0 bridgehead atoms. The molecule has 0 aliphatic carbocycles. The predicted octanol–water partition coefficient (Wildman–Crippen LogP) is -1.89. The number of carbonyl (C=O) groups is 1. The van der Waals surface area contributed by atoms with E-state index in [2.05, 4.69) is 20.5 Å². The van der Waals surface area contributed by atoms with Gasteiger partial charge in [-0.3, -0.25) is 9.89 Å². The van der Waals surface area contributed by atoms with Gasteiger partial charge >= 0.3 is 0 Å². The van der Waals surface area contributed by atoms with Crippen LogP contribution in [0.3, 0.4) is 0 Å². The lowest BCUT2D eigenvalue weighted by molar-refractivity contribution is 0.0935. The van der Waals surface area contributed by atoms with Crippen molar-refractivity contribution < 1.29 is 9.90 Å². The first-order valence-electron chi connectivity index (χ1n) is 3.31. The standard InChI is InChI=1S/C5H9N5O2/c6-5-8-3(9-10-5)4(12)7-1-2-11/h11H,1-2H2,(H,7,12)(H3,6,8,9,10). The summed E-state index contributed by atoms with van der Waals surface area (Å²) in [6.07, 6.45) is 0. The normalized spacial score (nSPS) is 9.75. The highest BCUT2D eigenvalue weighted by Crippen LogP contribution is 1.91. The number of rotatable bonds is 3. The largest absolute Gasteiger partial charge is 0.395 e. The number of anilines is 1. The molecule has 0 radical (unpaired) electrons. The Kier molecular flexibility index (Phi) is 2.59. The average Bonchev–Trinajstić information content (AvgIpc) is 2.47. The number of nitrogens with zero attached hydrogens (tertiary/aromatic N) is 2. The number of nitrogens with one attached hydrogen (secondary N) is 2. The second-order valence-electron chi connectivity index (χ2n) is 2.02. The SMILES string of the molecule is Nc1n[nH]c(C(=O)NCCO)n1. The molecule has 0 saturated carbocycles. The Balaban J connectivity index is 2.53. The lowest BCUT2D eigenvalue weighted by Crippen LogP contribution is -2.27. The van der Waals surface area contributed by atoms with Crippen LogP contribution < -0.4 is 11.1 Å². The van der Waals surface area contributed by atoms with E-state index in [1.165, 1.54) is 0 Å². The van der Waals surface area contributed by atoms with Crippen molar-refractivity contribution >= 4 is 11.9 Å². The fraction of sp³-hybridized carbons (Fsp3) is 0.400. The highest BCUT2D eigenvalue weighted by molar-refractivity contribution is 5.90. The van der Waals surface area contributed by atoms with Gasteiger partial charge in [-0.15, -0.1) is 5.10 Å². The average molecular weight is 171 g/mol. The number of aromatic amines is 1. The molecule has 12 heavy (non-hydrogen) atoms. The quantitative estimate of drug-likeness (QED) is 0.424. The maximum atomic E-state index is 11.0. The molecule has 0 unspecified atom stereocenters. The molecule has 66 valence electrons. The van der Waals surface area contributed by atoms with Gasteiger partial charge in [-0.05, 0) is 0 Å². The zero-order valence-electron chi connectivity index (χ0n) is 6.24. The second kappa shape index (κ2) is 3.67. The van der Waals surface area contributed by atoms with E-state index in [1.54, 1.807) is 0 Å². The summed E-state index contributed by atoms with van der Waals surface area (Å²) in [6.45, 7) is 0.0643. The van der Waals surface area contributed by atoms with Crippen LogP contribution in [0.2, 0.25) is 0 Å². The molecule has 1 rings (SSSR count). The van der Waals surface area contributed by atoms with Crippen LogP contribution in [0.25, 0.3) is 0 Å². The van der Waals surface area contributed by atoms with Crippen LogP contribution in [0.5, 0.6) is 0 Å². The summed E-state index contributed by atoms with van der Waals surface area (Å²) in [5.41, 5.74) is 5.16. The number of hydrogen-bond acceptors (Lipinski definition) is 5. The zero-order chi connectivity index (χ0) is 8.97. The van der Waals surface area contributed by atoms with Crippen LogP contribution in [0.15, 0.2) is 0 Å². The van der Waals surface area contributed by atoms with E-state index in [0.717, 1.165) is 0 Å². The summed E-state index contributed by atoms with van der Waals surface area (Å²) < 4.78 is 0. The predicted molar refractivity (Wildman–Crippen MR) is 40.2 cm³/mol. The summed E-state index contributed by atoms with van der Waals surface area (Å²) in [7, 11) is 0. The molecular weight excluding hydrogens is 162 g/mol. The first kappa shape index (κ1) is 8.47. The van der Waals surface area contributed by atoms with Gasteiger partial charge in [0.1, 0.15) is 0 Å². The summed E-state index contributed by atoms with van der Waals surface area (Å²) in [4.78, 5) is 14.6. The fourth-order valence-electron chi connectivity index (χ4n) is 0.629. The first-order valence-corrected chi connectivity index (χ1v) is 3.31. The molecule has 0 aliphatic rings. The minimum atomic E-state index is -0.437. The van der Waals surface area contributed by atoms with Crippen molar-refractivity contribution in [3.05, 3.63) is 5.82 Å². The molecule has 0 spiro atoms. The Morgan fingerprint density at radius 2 is 2.50 bits per heavy atom. The number of aromatic nitrogens is 3. The number of nitrogens with two attached hydrogens (primary N) is 1. The van der Waals surface area contributed by atoms with E-state index in [-0.39, 0.29) is 24.9 Å². The molecule has 7 heteroatoms. The van der Waals surface area contributed by atoms with Crippen LogP contribution in [0.4, 0.5) is 5.95 Å². The van der Waals surface area contributed by atoms with Crippen LogP contribution in [-0.2, 0) is 0 Å². The summed E-state index contributed by atoms with van der Waals surface area (Å²) in [6, 6.07) is 0. The third-order valence-corrected chi connectivity index (χ3v) is 1.12. The van der Waals surface area contributed by atoms with Crippen LogP contribution in [-0.4, -0.2) is 39.3 Å². The molecule has 0 atom stereocenters. The third-order valence-electron chi connectivity index (χ3n) is 1.12. The Morgan fingerprint density at radius 1 is 1.75 bits per heavy atom. The monoisotopic (exact) mass is 171 g/mol. The van der Waals surface area contributed by atoms with Crippen molar-refractivity contribution in [2.24, 2.45) is 0 Å². The van der Waals surface area contributed by atoms with Gasteiger partial charge in [0, 0.05) is 6.54 Å². The van der Waals surface area contributed by atoms with Crippen molar-refractivity contribution in [3.8, 4) is 0 Å². The van der Waals surface area contributed by atoms with Gasteiger partial charge in [0.25, 0.3) is 5.91 Å². The topological polar surface area (TPSA) is 117 Å². The van der Waals surface area contributed by atoms with E-state index >= 15 is 0 Å². The van der Waals surface area contributed by atoms with Crippen molar-refractivity contribution in [2.75, 3.05) is 18.9 Å². The van der Waals surface area contributed by atoms with E-state index in [1.807, 2.05) is 0 Å². The molecule has 0 fully saturated rings. The number of carbonyl (C=O) groups excluding carboxylic acids is 1. The maximum absolute atomic E-state index is 11.0. The van der Waals surface area contributed by atoms with Crippen molar-refractivity contribution in [1.29, 1.82) is 0 Å². The first-order chi connectivity index (χ1) is 5.74. The van der Waals surface area contributed by atoms with E-state index in [9.17, 15) is 4.79 Å². The van der Waals surface area contributed by atoms with Gasteiger partial charge in [-0.2, -0.15) is 4.98 Å². The van der Waals surface area contributed by atoms with E-state index < -0.39 is 5.91 Å². The van der Waals surface area contributed by atoms with Gasteiger partial charge in [-0.1, -0.05) is 0 Å². The highest BCUT2D eigenvalue weighted by Gasteiger charge is 2.08. The summed E-state index contributed by atoms with van der Waals surface area (Å²) in [5, 5.41) is 16.6. The van der Waals surface area contributed by atoms with Gasteiger partial charge in [0.2, 0.25) is 11.8 Å². The van der Waals surface area contributed by atoms with Crippen molar-refractivity contribution in [3.63, 3.8) is 0 Å². The number of aliphatic hydroxyl groups excluding tert-OH is 1. The fourth-order valence-corrected chi connectivity index (χ4v) is 0.629. The Labute approximate surface area is 68.0 Å². The number of nitrogen functional groups attached to an aromatic ring is 1. The van der Waals surface area contributed by atoms with Crippen molar-refractivity contribution in [1.82, 2.24) is 20.5 Å². The summed E-state index contributed by atoms with van der Waals surface area (Å²) in [5.74, 6) is -0.377. The van der Waals surface area contributed by atoms with Crippen LogP contribution >= 0.6 is 0 Å². The number of amides is 1. The molecular formula is C5H9N5O2. The lowest BCUT2D eigenvalue weighted by atomic mass is 10.5. The lowest BCUT2D eigenvalue weighted by Gasteiger charge is -1.97. The minimum Gasteiger partial charge on any atom is -0.395 e. The molecule has 0 saturated heterocycles. The van der Waals surface area contributed by atoms with Crippen LogP contribution in [0.1, 0.15) is 10.6 Å². The molecule has 0 aliphatic heterocycles. The van der Waals surface area contributed by atoms with Gasteiger partial charge < -0.3 is 16.2 Å². The molecule has 7 nitrogen and oxygen atoms in total. The Morgan fingerprint density at radius 3 is 3.00 bits per heavy atom. The third kappa shape index (κ3) is 1.92. The molecule has 0 aromatic carbocycles.